The van der Waals surface area contributed by atoms with E-state index in [1.54, 1.807) is 12.1 Å². The SMILES string of the molecule is CCC(C)C(NC(=O)CCN1C(=O)c2cccnc2C1=O)c1nc2ccccc2[nH]1. The molecule has 30 heavy (non-hydrogen) atoms. The molecule has 4 rings (SSSR count). The minimum absolute atomic E-state index is 0.00716. The summed E-state index contributed by atoms with van der Waals surface area (Å²) in [5, 5.41) is 3.02. The van der Waals surface area contributed by atoms with Crippen molar-refractivity contribution in [2.24, 2.45) is 5.92 Å². The maximum atomic E-state index is 12.7. The van der Waals surface area contributed by atoms with E-state index in [1.807, 2.05) is 31.2 Å². The summed E-state index contributed by atoms with van der Waals surface area (Å²) < 4.78 is 0. The highest BCUT2D eigenvalue weighted by Gasteiger charge is 2.36. The molecular weight excluding hydrogens is 382 g/mol. The van der Waals surface area contributed by atoms with Gasteiger partial charge in [-0.2, -0.15) is 0 Å². The molecule has 0 bridgehead atoms. The molecule has 0 saturated carbocycles. The zero-order chi connectivity index (χ0) is 21.3. The Balaban J connectivity index is 1.45. The molecule has 1 aliphatic heterocycles. The minimum Gasteiger partial charge on any atom is -0.346 e. The first-order valence-corrected chi connectivity index (χ1v) is 10.0. The Hall–Kier alpha value is -3.55. The van der Waals surface area contributed by atoms with E-state index < -0.39 is 11.8 Å². The van der Waals surface area contributed by atoms with Crippen molar-refractivity contribution in [3.8, 4) is 0 Å². The number of benzene rings is 1. The third kappa shape index (κ3) is 3.56. The monoisotopic (exact) mass is 405 g/mol. The molecule has 8 nitrogen and oxygen atoms in total. The second-order valence-corrected chi connectivity index (χ2v) is 7.48. The van der Waals surface area contributed by atoms with Crippen LogP contribution in [0.15, 0.2) is 42.6 Å². The van der Waals surface area contributed by atoms with Gasteiger partial charge in [0.05, 0.1) is 22.6 Å². The van der Waals surface area contributed by atoms with E-state index in [2.05, 4.69) is 27.2 Å². The number of imidazole rings is 1. The zero-order valence-corrected chi connectivity index (χ0v) is 16.9. The molecule has 2 atom stereocenters. The molecule has 2 aromatic heterocycles. The minimum atomic E-state index is -0.459. The number of H-pyrrole nitrogens is 1. The van der Waals surface area contributed by atoms with Crippen LogP contribution in [0.2, 0.25) is 0 Å². The number of hydrogen-bond acceptors (Lipinski definition) is 5. The predicted octanol–water partition coefficient (Wildman–Crippen LogP) is 2.85. The van der Waals surface area contributed by atoms with E-state index in [4.69, 9.17) is 0 Å². The van der Waals surface area contributed by atoms with Gasteiger partial charge in [-0.15, -0.1) is 0 Å². The second-order valence-electron chi connectivity index (χ2n) is 7.48. The van der Waals surface area contributed by atoms with Crippen LogP contribution in [-0.2, 0) is 4.79 Å². The van der Waals surface area contributed by atoms with Gasteiger partial charge in [0.15, 0.2) is 0 Å². The highest BCUT2D eigenvalue weighted by molar-refractivity contribution is 6.20. The van der Waals surface area contributed by atoms with Gasteiger partial charge in [0.25, 0.3) is 11.8 Å². The number of para-hydroxylation sites is 2. The van der Waals surface area contributed by atoms with Gasteiger partial charge in [-0.05, 0) is 30.2 Å². The van der Waals surface area contributed by atoms with Gasteiger partial charge in [-0.1, -0.05) is 32.4 Å². The van der Waals surface area contributed by atoms with E-state index in [9.17, 15) is 14.4 Å². The molecule has 154 valence electrons. The van der Waals surface area contributed by atoms with Crippen LogP contribution < -0.4 is 5.32 Å². The van der Waals surface area contributed by atoms with Gasteiger partial charge >= 0.3 is 0 Å². The predicted molar refractivity (Wildman–Crippen MR) is 111 cm³/mol. The van der Waals surface area contributed by atoms with Crippen molar-refractivity contribution in [2.75, 3.05) is 6.54 Å². The lowest BCUT2D eigenvalue weighted by atomic mass is 9.98. The Kier molecular flexibility index (Phi) is 5.31. The number of fused-ring (bicyclic) bond motifs is 2. The van der Waals surface area contributed by atoms with E-state index >= 15 is 0 Å². The van der Waals surface area contributed by atoms with Crippen LogP contribution in [0, 0.1) is 5.92 Å². The van der Waals surface area contributed by atoms with Gasteiger partial charge in [0.2, 0.25) is 5.91 Å². The van der Waals surface area contributed by atoms with E-state index in [-0.39, 0.29) is 42.1 Å². The normalized spacial score (nSPS) is 15.3. The summed E-state index contributed by atoms with van der Waals surface area (Å²) in [5.74, 6) is -0.266. The first-order valence-electron chi connectivity index (χ1n) is 10.0. The highest BCUT2D eigenvalue weighted by atomic mass is 16.2. The number of rotatable bonds is 7. The van der Waals surface area contributed by atoms with Crippen molar-refractivity contribution in [1.29, 1.82) is 0 Å². The van der Waals surface area contributed by atoms with Gasteiger partial charge in [0.1, 0.15) is 11.5 Å². The third-order valence-electron chi connectivity index (χ3n) is 5.53. The molecule has 1 aromatic carbocycles. The molecule has 3 aromatic rings. The topological polar surface area (TPSA) is 108 Å². The Bertz CT molecular complexity index is 1050. The molecule has 2 N–H and O–H groups in total. The smallest absolute Gasteiger partial charge is 0.280 e. The zero-order valence-electron chi connectivity index (χ0n) is 16.9. The lowest BCUT2D eigenvalue weighted by Crippen LogP contribution is -2.37. The van der Waals surface area contributed by atoms with Crippen molar-refractivity contribution in [3.05, 3.63) is 59.7 Å². The van der Waals surface area contributed by atoms with Gasteiger partial charge in [-0.3, -0.25) is 24.3 Å². The maximum absolute atomic E-state index is 12.7. The van der Waals surface area contributed by atoms with Crippen molar-refractivity contribution in [1.82, 2.24) is 25.2 Å². The van der Waals surface area contributed by atoms with Crippen LogP contribution in [0.3, 0.4) is 0 Å². The Morgan fingerprint density at radius 2 is 1.97 bits per heavy atom. The van der Waals surface area contributed by atoms with Gasteiger partial charge in [0, 0.05) is 19.2 Å². The number of hydrogen-bond donors (Lipinski definition) is 2. The molecule has 0 spiro atoms. The average Bonchev–Trinajstić information content (AvgIpc) is 3.30. The summed E-state index contributed by atoms with van der Waals surface area (Å²) in [6.45, 7) is 4.11. The largest absolute Gasteiger partial charge is 0.346 e. The summed E-state index contributed by atoms with van der Waals surface area (Å²) in [6.07, 6.45) is 2.34. The highest BCUT2D eigenvalue weighted by Crippen LogP contribution is 2.25. The standard InChI is InChI=1S/C22H23N5O3/c1-3-13(2)18(20-24-15-8-4-5-9-16(15)25-20)26-17(28)10-12-27-21(29)14-7-6-11-23-19(14)22(27)30/h4-9,11,13,18H,3,10,12H2,1-2H3,(H,24,25)(H,26,28). The molecule has 2 unspecified atom stereocenters. The summed E-state index contributed by atoms with van der Waals surface area (Å²) in [6, 6.07) is 10.6. The summed E-state index contributed by atoms with van der Waals surface area (Å²) >= 11 is 0. The fraction of sp³-hybridized carbons (Fsp3) is 0.318. The number of nitrogens with zero attached hydrogens (tertiary/aromatic N) is 3. The summed E-state index contributed by atoms with van der Waals surface area (Å²) in [7, 11) is 0. The lowest BCUT2D eigenvalue weighted by molar-refractivity contribution is -0.122. The summed E-state index contributed by atoms with van der Waals surface area (Å²) in [5.41, 5.74) is 2.17. The molecule has 0 saturated heterocycles. The van der Waals surface area contributed by atoms with Crippen molar-refractivity contribution >= 4 is 28.8 Å². The Morgan fingerprint density at radius 3 is 2.70 bits per heavy atom. The van der Waals surface area contributed by atoms with Crippen LogP contribution in [0.25, 0.3) is 11.0 Å². The third-order valence-corrected chi connectivity index (χ3v) is 5.53. The van der Waals surface area contributed by atoms with Crippen molar-refractivity contribution in [2.45, 2.75) is 32.7 Å². The molecule has 0 radical (unpaired) electrons. The number of pyridine rings is 1. The Morgan fingerprint density at radius 1 is 1.17 bits per heavy atom. The van der Waals surface area contributed by atoms with Crippen LogP contribution in [-0.4, -0.2) is 44.1 Å². The molecule has 3 amide bonds. The van der Waals surface area contributed by atoms with Crippen LogP contribution in [0.1, 0.15) is 59.4 Å². The van der Waals surface area contributed by atoms with Crippen LogP contribution in [0.5, 0.6) is 0 Å². The fourth-order valence-corrected chi connectivity index (χ4v) is 3.61. The number of aromatic amines is 1. The molecular formula is C22H23N5O3. The average molecular weight is 405 g/mol. The molecule has 0 aliphatic carbocycles. The molecule has 0 fully saturated rings. The maximum Gasteiger partial charge on any atom is 0.280 e. The number of carbonyl (C=O) groups is 3. The fourth-order valence-electron chi connectivity index (χ4n) is 3.61. The van der Waals surface area contributed by atoms with E-state index in [0.717, 1.165) is 22.4 Å². The Labute approximate surface area is 173 Å². The molecule has 1 aliphatic rings. The molecule has 3 heterocycles. The number of amides is 3. The molecule has 8 heteroatoms. The quantitative estimate of drug-likeness (QED) is 0.588. The summed E-state index contributed by atoms with van der Waals surface area (Å²) in [4.78, 5) is 50.5. The second kappa shape index (κ2) is 8.06. The van der Waals surface area contributed by atoms with E-state index in [1.165, 1.54) is 6.20 Å². The number of imide groups is 1. The number of nitrogens with one attached hydrogen (secondary N) is 2. The number of carbonyl (C=O) groups excluding carboxylic acids is 3. The first kappa shape index (κ1) is 19.8. The van der Waals surface area contributed by atoms with Crippen molar-refractivity contribution in [3.63, 3.8) is 0 Å². The van der Waals surface area contributed by atoms with Gasteiger partial charge < -0.3 is 10.3 Å². The van der Waals surface area contributed by atoms with Gasteiger partial charge in [-0.25, -0.2) is 4.98 Å². The first-order chi connectivity index (χ1) is 14.5. The van der Waals surface area contributed by atoms with E-state index in [0.29, 0.717) is 5.82 Å². The van der Waals surface area contributed by atoms with Crippen LogP contribution in [0.4, 0.5) is 0 Å². The van der Waals surface area contributed by atoms with Crippen LogP contribution >= 0.6 is 0 Å². The van der Waals surface area contributed by atoms with Crippen molar-refractivity contribution < 1.29 is 14.4 Å². The number of aromatic nitrogens is 3. The lowest BCUT2D eigenvalue weighted by Gasteiger charge is -2.23.